The van der Waals surface area contributed by atoms with Crippen molar-refractivity contribution in [2.75, 3.05) is 0 Å². The molecule has 4 aromatic carbocycles. The Morgan fingerprint density at radius 1 is 0.763 bits per heavy atom. The highest BCUT2D eigenvalue weighted by molar-refractivity contribution is 5.95. The van der Waals surface area contributed by atoms with Gasteiger partial charge in [-0.2, -0.15) is 18.4 Å². The summed E-state index contributed by atoms with van der Waals surface area (Å²) < 4.78 is 38.4. The minimum Gasteiger partial charge on any atom is -0.481 e. The van der Waals surface area contributed by atoms with Crippen molar-refractivity contribution in [2.24, 2.45) is 0 Å². The molecule has 0 spiro atoms. The van der Waals surface area contributed by atoms with Crippen LogP contribution < -0.4 is 5.32 Å². The van der Waals surface area contributed by atoms with E-state index in [9.17, 15) is 27.9 Å². The number of carboxylic acid groups (broad SMARTS) is 1. The molecule has 8 heteroatoms. The molecule has 0 saturated carbocycles. The van der Waals surface area contributed by atoms with Crippen molar-refractivity contribution in [3.8, 4) is 28.3 Å². The molecule has 0 aliphatic heterocycles. The van der Waals surface area contributed by atoms with Gasteiger partial charge in [-0.25, -0.2) is 0 Å². The highest BCUT2D eigenvalue weighted by Crippen LogP contribution is 2.31. The number of nitrogens with zero attached hydrogens (tertiary/aromatic N) is 1. The summed E-state index contributed by atoms with van der Waals surface area (Å²) in [5, 5.41) is 21.1. The molecular formula is C30H21F3N2O3. The number of carbonyl (C=O) groups is 2. The normalized spacial score (nSPS) is 11.8. The predicted molar refractivity (Wildman–Crippen MR) is 136 cm³/mol. The SMILES string of the molecule is N#Cc1ccc(-c2ccc(C(CC(=O)O)NC(=O)c3ccc(-c4ccc(C(F)(F)F)cc4)cc3)cc2)cc1. The lowest BCUT2D eigenvalue weighted by molar-refractivity contribution is -0.138. The van der Waals surface area contributed by atoms with Gasteiger partial charge in [-0.05, 0) is 64.2 Å². The lowest BCUT2D eigenvalue weighted by Gasteiger charge is -2.18. The van der Waals surface area contributed by atoms with Crippen LogP contribution in [-0.4, -0.2) is 17.0 Å². The summed E-state index contributed by atoms with van der Waals surface area (Å²) in [5.41, 5.74) is 3.66. The molecular weight excluding hydrogens is 493 g/mol. The minimum absolute atomic E-state index is 0.283. The van der Waals surface area contributed by atoms with E-state index in [0.717, 1.165) is 23.3 Å². The van der Waals surface area contributed by atoms with Crippen molar-refractivity contribution < 1.29 is 27.9 Å². The number of amides is 1. The molecule has 0 fully saturated rings. The molecule has 5 nitrogen and oxygen atoms in total. The number of alkyl halides is 3. The fraction of sp³-hybridized carbons (Fsp3) is 0.100. The summed E-state index contributed by atoms with van der Waals surface area (Å²) in [6.07, 6.45) is -4.75. The van der Waals surface area contributed by atoms with Crippen LogP contribution in [0.4, 0.5) is 13.2 Å². The molecule has 0 heterocycles. The second-order valence-electron chi connectivity index (χ2n) is 8.59. The molecule has 1 atom stereocenters. The zero-order valence-electron chi connectivity index (χ0n) is 19.9. The van der Waals surface area contributed by atoms with Crippen LogP contribution in [0.1, 0.15) is 39.5 Å². The van der Waals surface area contributed by atoms with Crippen molar-refractivity contribution in [1.82, 2.24) is 5.32 Å². The molecule has 0 aliphatic rings. The Morgan fingerprint density at radius 3 is 1.66 bits per heavy atom. The molecule has 38 heavy (non-hydrogen) atoms. The van der Waals surface area contributed by atoms with Gasteiger partial charge in [-0.1, -0.05) is 60.7 Å². The first-order valence-electron chi connectivity index (χ1n) is 11.5. The van der Waals surface area contributed by atoms with E-state index in [-0.39, 0.29) is 12.0 Å². The molecule has 190 valence electrons. The number of benzene rings is 4. The monoisotopic (exact) mass is 514 g/mol. The maximum atomic E-state index is 12.9. The first kappa shape index (κ1) is 26.2. The molecule has 0 radical (unpaired) electrons. The zero-order chi connectivity index (χ0) is 27.3. The third kappa shape index (κ3) is 6.26. The Kier molecular flexibility index (Phi) is 7.58. The molecule has 4 aromatic rings. The summed E-state index contributed by atoms with van der Waals surface area (Å²) in [7, 11) is 0. The van der Waals surface area contributed by atoms with Crippen LogP contribution in [0.5, 0.6) is 0 Å². The van der Waals surface area contributed by atoms with E-state index in [4.69, 9.17) is 5.26 Å². The Labute approximate surface area is 216 Å². The fourth-order valence-corrected chi connectivity index (χ4v) is 3.98. The maximum Gasteiger partial charge on any atom is 0.416 e. The zero-order valence-corrected chi connectivity index (χ0v) is 19.9. The van der Waals surface area contributed by atoms with Gasteiger partial charge >= 0.3 is 12.1 Å². The number of aliphatic carboxylic acids is 1. The maximum absolute atomic E-state index is 12.9. The van der Waals surface area contributed by atoms with E-state index in [0.29, 0.717) is 22.3 Å². The quantitative estimate of drug-likeness (QED) is 0.282. The van der Waals surface area contributed by atoms with Crippen molar-refractivity contribution >= 4 is 11.9 Å². The van der Waals surface area contributed by atoms with Gasteiger partial charge in [0.1, 0.15) is 0 Å². The number of rotatable bonds is 7. The second-order valence-corrected chi connectivity index (χ2v) is 8.59. The van der Waals surface area contributed by atoms with Gasteiger partial charge in [0.2, 0.25) is 0 Å². The molecule has 1 unspecified atom stereocenters. The summed E-state index contributed by atoms with van der Waals surface area (Å²) in [6.45, 7) is 0. The van der Waals surface area contributed by atoms with Gasteiger partial charge < -0.3 is 10.4 Å². The number of hydrogen-bond donors (Lipinski definition) is 2. The minimum atomic E-state index is -4.42. The van der Waals surface area contributed by atoms with Crippen molar-refractivity contribution in [3.63, 3.8) is 0 Å². The molecule has 0 bridgehead atoms. The van der Waals surface area contributed by atoms with E-state index in [1.807, 2.05) is 24.3 Å². The second kappa shape index (κ2) is 11.0. The summed E-state index contributed by atoms with van der Waals surface area (Å²) in [6, 6.07) is 26.5. The van der Waals surface area contributed by atoms with Crippen molar-refractivity contribution in [2.45, 2.75) is 18.6 Å². The first-order chi connectivity index (χ1) is 18.1. The van der Waals surface area contributed by atoms with Gasteiger partial charge in [-0.3, -0.25) is 9.59 Å². The number of carbonyl (C=O) groups excluding carboxylic acids is 1. The lowest BCUT2D eigenvalue weighted by Crippen LogP contribution is -2.30. The molecule has 1 amide bonds. The van der Waals surface area contributed by atoms with Gasteiger partial charge in [-0.15, -0.1) is 0 Å². The van der Waals surface area contributed by atoms with Crippen LogP contribution in [-0.2, 0) is 11.0 Å². The van der Waals surface area contributed by atoms with E-state index >= 15 is 0 Å². The average molecular weight is 515 g/mol. The number of halogens is 3. The summed E-state index contributed by atoms with van der Waals surface area (Å²) in [5.74, 6) is -1.56. The van der Waals surface area contributed by atoms with Crippen LogP contribution in [0.2, 0.25) is 0 Å². The largest absolute Gasteiger partial charge is 0.481 e. The van der Waals surface area contributed by atoms with Gasteiger partial charge in [0.05, 0.1) is 29.7 Å². The topological polar surface area (TPSA) is 90.2 Å². The first-order valence-corrected chi connectivity index (χ1v) is 11.5. The summed E-state index contributed by atoms with van der Waals surface area (Å²) >= 11 is 0. The molecule has 2 N–H and O–H groups in total. The average Bonchev–Trinajstić information content (AvgIpc) is 2.92. The van der Waals surface area contributed by atoms with Gasteiger partial charge in [0.15, 0.2) is 0 Å². The molecule has 0 aromatic heterocycles. The molecule has 4 rings (SSSR count). The summed E-state index contributed by atoms with van der Waals surface area (Å²) in [4.78, 5) is 24.4. The Balaban J connectivity index is 1.48. The van der Waals surface area contributed by atoms with E-state index in [1.54, 1.807) is 36.4 Å². The van der Waals surface area contributed by atoms with Crippen LogP contribution in [0.25, 0.3) is 22.3 Å². The third-order valence-electron chi connectivity index (χ3n) is 6.04. The van der Waals surface area contributed by atoms with E-state index < -0.39 is 29.7 Å². The highest BCUT2D eigenvalue weighted by atomic mass is 19.4. The molecule has 0 aliphatic carbocycles. The highest BCUT2D eigenvalue weighted by Gasteiger charge is 2.30. The number of hydrogen-bond acceptors (Lipinski definition) is 3. The Hall–Kier alpha value is -4.90. The number of nitrogens with one attached hydrogen (secondary N) is 1. The lowest BCUT2D eigenvalue weighted by atomic mass is 9.98. The predicted octanol–water partition coefficient (Wildman–Crippen LogP) is 6.86. The van der Waals surface area contributed by atoms with E-state index in [1.165, 1.54) is 24.3 Å². The number of carboxylic acids is 1. The fourth-order valence-electron chi connectivity index (χ4n) is 3.98. The van der Waals surface area contributed by atoms with Crippen LogP contribution in [0, 0.1) is 11.3 Å². The van der Waals surface area contributed by atoms with Gasteiger partial charge in [0, 0.05) is 5.56 Å². The van der Waals surface area contributed by atoms with Crippen LogP contribution in [0.3, 0.4) is 0 Å². The van der Waals surface area contributed by atoms with E-state index in [2.05, 4.69) is 11.4 Å². The van der Waals surface area contributed by atoms with Gasteiger partial charge in [0.25, 0.3) is 5.91 Å². The third-order valence-corrected chi connectivity index (χ3v) is 6.04. The van der Waals surface area contributed by atoms with Crippen LogP contribution >= 0.6 is 0 Å². The van der Waals surface area contributed by atoms with Crippen LogP contribution in [0.15, 0.2) is 97.1 Å². The van der Waals surface area contributed by atoms with Crippen molar-refractivity contribution in [3.05, 3.63) is 119 Å². The molecule has 0 saturated heterocycles. The number of nitriles is 1. The standard InChI is InChI=1S/C30H21F3N2O3/c31-30(32,33)26-15-13-23(14-16-26)22-7-11-25(12-8-22)29(38)35-27(17-28(36)37)24-9-5-21(6-10-24)20-3-1-19(18-34)2-4-20/h1-16,27H,17H2,(H,35,38)(H,36,37). The Morgan fingerprint density at radius 2 is 1.21 bits per heavy atom. The smallest absolute Gasteiger partial charge is 0.416 e. The van der Waals surface area contributed by atoms with Crippen molar-refractivity contribution in [1.29, 1.82) is 5.26 Å². The Bertz CT molecular complexity index is 1470.